The fraction of sp³-hybridized carbons (Fsp3) is 0.455. The van der Waals surface area contributed by atoms with Crippen LogP contribution in [-0.2, 0) is 12.8 Å². The van der Waals surface area contributed by atoms with Gasteiger partial charge in [-0.25, -0.2) is 0 Å². The van der Waals surface area contributed by atoms with E-state index in [4.69, 9.17) is 0 Å². The van der Waals surface area contributed by atoms with E-state index in [0.717, 1.165) is 11.8 Å². The Hall–Kier alpha value is -2.34. The molecule has 0 aliphatic carbocycles. The summed E-state index contributed by atoms with van der Waals surface area (Å²) in [6, 6.07) is 31.5. The summed E-state index contributed by atoms with van der Waals surface area (Å²) in [6.07, 6.45) is 2.39. The molecule has 33 heavy (non-hydrogen) atoms. The van der Waals surface area contributed by atoms with Crippen molar-refractivity contribution < 1.29 is 0 Å². The molecule has 0 saturated heterocycles. The molecule has 0 bridgehead atoms. The molecular weight excluding hydrogens is 396 g/mol. The Bertz CT molecular complexity index is 636. The Morgan fingerprint density at radius 3 is 0.848 bits per heavy atom. The molecule has 0 atom stereocenters. The first-order valence-electron chi connectivity index (χ1n) is 13.1. The topological polar surface area (TPSA) is 0 Å². The Kier molecular flexibility index (Phi) is 29.6. The first kappa shape index (κ1) is 35.3. The first-order chi connectivity index (χ1) is 16.0. The lowest BCUT2D eigenvalue weighted by molar-refractivity contribution is 0.647. The number of rotatable bonds is 4. The summed E-state index contributed by atoms with van der Waals surface area (Å²) >= 11 is 0. The predicted molar refractivity (Wildman–Crippen MR) is 155 cm³/mol. The highest BCUT2D eigenvalue weighted by atomic mass is 14.0. The summed E-state index contributed by atoms with van der Waals surface area (Å²) in [5.41, 5.74) is 4.21. The zero-order valence-electron chi connectivity index (χ0n) is 23.7. The molecule has 0 aliphatic rings. The summed E-state index contributed by atoms with van der Waals surface area (Å²) in [5, 5.41) is 0. The number of benzene rings is 3. The standard InChI is InChI=1S/2C10H14.C7H8.3C2H6/c2*1-9(2)8-10-6-4-3-5-7-10;1-7-5-3-2-4-6-7;3*1-2/h2*3-7,9H,8H2,1-2H3;2-6H,1H3;3*1-2H3. The van der Waals surface area contributed by atoms with E-state index in [1.165, 1.54) is 29.5 Å². The van der Waals surface area contributed by atoms with Crippen LogP contribution in [0.5, 0.6) is 0 Å². The molecule has 0 heterocycles. The zero-order valence-corrected chi connectivity index (χ0v) is 23.7. The summed E-state index contributed by atoms with van der Waals surface area (Å²) in [7, 11) is 0. The highest BCUT2D eigenvalue weighted by molar-refractivity contribution is 5.15. The predicted octanol–water partition coefficient (Wildman–Crippen LogP) is 10.8. The van der Waals surface area contributed by atoms with E-state index >= 15 is 0 Å². The van der Waals surface area contributed by atoms with Crippen LogP contribution < -0.4 is 0 Å². The summed E-state index contributed by atoms with van der Waals surface area (Å²) in [5.74, 6) is 1.53. The van der Waals surface area contributed by atoms with Gasteiger partial charge in [0.15, 0.2) is 0 Å². The third kappa shape index (κ3) is 25.8. The lowest BCUT2D eigenvalue weighted by Gasteiger charge is -2.02. The second-order valence-corrected chi connectivity index (χ2v) is 7.82. The van der Waals surface area contributed by atoms with E-state index in [-0.39, 0.29) is 0 Å². The average molecular weight is 451 g/mol. The molecule has 186 valence electrons. The van der Waals surface area contributed by atoms with Crippen molar-refractivity contribution in [1.29, 1.82) is 0 Å². The van der Waals surface area contributed by atoms with Gasteiger partial charge in [-0.15, -0.1) is 0 Å². The molecule has 0 aromatic heterocycles. The second-order valence-electron chi connectivity index (χ2n) is 7.82. The van der Waals surface area contributed by atoms with E-state index in [1.54, 1.807) is 0 Å². The van der Waals surface area contributed by atoms with Gasteiger partial charge in [-0.1, -0.05) is 166 Å². The van der Waals surface area contributed by atoms with Gasteiger partial charge < -0.3 is 0 Å². The summed E-state index contributed by atoms with van der Waals surface area (Å²) < 4.78 is 0. The SMILES string of the molecule is CC.CC.CC.CC(C)Cc1ccccc1.CC(C)Cc1ccccc1.Cc1ccccc1. The summed E-state index contributed by atoms with van der Waals surface area (Å²) in [6.45, 7) is 23.1. The molecule has 0 unspecified atom stereocenters. The molecule has 0 spiro atoms. The summed E-state index contributed by atoms with van der Waals surface area (Å²) in [4.78, 5) is 0. The highest BCUT2D eigenvalue weighted by Gasteiger charge is 1.94. The maximum atomic E-state index is 2.24. The Morgan fingerprint density at radius 1 is 0.424 bits per heavy atom. The highest BCUT2D eigenvalue weighted by Crippen LogP contribution is 2.06. The van der Waals surface area contributed by atoms with Crippen LogP contribution in [0.2, 0.25) is 0 Å². The Morgan fingerprint density at radius 2 is 0.667 bits per heavy atom. The van der Waals surface area contributed by atoms with E-state index in [1.807, 2.05) is 59.7 Å². The molecule has 3 aromatic rings. The molecule has 0 radical (unpaired) electrons. The molecule has 0 N–H and O–H groups in total. The fourth-order valence-corrected chi connectivity index (χ4v) is 2.71. The molecule has 0 fully saturated rings. The van der Waals surface area contributed by atoms with Gasteiger partial charge in [-0.05, 0) is 42.7 Å². The van der Waals surface area contributed by atoms with Gasteiger partial charge in [-0.3, -0.25) is 0 Å². The van der Waals surface area contributed by atoms with Gasteiger partial charge >= 0.3 is 0 Å². The van der Waals surface area contributed by atoms with Gasteiger partial charge in [0.05, 0.1) is 0 Å². The van der Waals surface area contributed by atoms with Crippen molar-refractivity contribution in [3.05, 3.63) is 108 Å². The van der Waals surface area contributed by atoms with Crippen LogP contribution in [0.25, 0.3) is 0 Å². The first-order valence-corrected chi connectivity index (χ1v) is 13.1. The molecule has 0 amide bonds. The second kappa shape index (κ2) is 27.7. The maximum Gasteiger partial charge on any atom is -0.0256 e. The molecular formula is C33H54. The van der Waals surface area contributed by atoms with Gasteiger partial charge in [0, 0.05) is 0 Å². The van der Waals surface area contributed by atoms with Crippen molar-refractivity contribution in [1.82, 2.24) is 0 Å². The van der Waals surface area contributed by atoms with Crippen molar-refractivity contribution in [3.63, 3.8) is 0 Å². The number of aryl methyl sites for hydroxylation is 1. The Balaban J connectivity index is -0.000000371. The Labute approximate surface area is 208 Å². The minimum absolute atomic E-state index is 0.766. The van der Waals surface area contributed by atoms with E-state index in [0.29, 0.717) is 0 Å². The van der Waals surface area contributed by atoms with Gasteiger partial charge in [-0.2, -0.15) is 0 Å². The van der Waals surface area contributed by atoms with Crippen molar-refractivity contribution >= 4 is 0 Å². The van der Waals surface area contributed by atoms with Crippen LogP contribution >= 0.6 is 0 Å². The van der Waals surface area contributed by atoms with Crippen LogP contribution in [0.15, 0.2) is 91.0 Å². The van der Waals surface area contributed by atoms with E-state index in [9.17, 15) is 0 Å². The molecule has 0 saturated carbocycles. The van der Waals surface area contributed by atoms with Crippen LogP contribution in [0.3, 0.4) is 0 Å². The minimum atomic E-state index is 0.766. The zero-order chi connectivity index (χ0) is 25.9. The van der Waals surface area contributed by atoms with Crippen molar-refractivity contribution in [2.24, 2.45) is 11.8 Å². The quantitative estimate of drug-likeness (QED) is 0.370. The third-order valence-corrected chi connectivity index (χ3v) is 3.91. The lowest BCUT2D eigenvalue weighted by atomic mass is 10.0. The van der Waals surface area contributed by atoms with Gasteiger partial charge in [0.25, 0.3) is 0 Å². The number of hydrogen-bond acceptors (Lipinski definition) is 0. The average Bonchev–Trinajstić information content (AvgIpc) is 2.85. The van der Waals surface area contributed by atoms with Crippen LogP contribution in [0.1, 0.15) is 85.9 Å². The minimum Gasteiger partial charge on any atom is -0.0683 e. The molecule has 3 rings (SSSR count). The largest absolute Gasteiger partial charge is 0.0683 e. The fourth-order valence-electron chi connectivity index (χ4n) is 2.71. The van der Waals surface area contributed by atoms with Gasteiger partial charge in [0.2, 0.25) is 0 Å². The van der Waals surface area contributed by atoms with Crippen LogP contribution in [0.4, 0.5) is 0 Å². The van der Waals surface area contributed by atoms with Crippen LogP contribution in [-0.4, -0.2) is 0 Å². The molecule has 0 nitrogen and oxygen atoms in total. The third-order valence-electron chi connectivity index (χ3n) is 3.91. The van der Waals surface area contributed by atoms with E-state index in [2.05, 4.69) is 107 Å². The molecule has 3 aromatic carbocycles. The maximum absolute atomic E-state index is 2.24. The van der Waals surface area contributed by atoms with Crippen LogP contribution in [0, 0.1) is 18.8 Å². The van der Waals surface area contributed by atoms with Gasteiger partial charge in [0.1, 0.15) is 0 Å². The number of hydrogen-bond donors (Lipinski definition) is 0. The smallest absolute Gasteiger partial charge is 0.0256 e. The van der Waals surface area contributed by atoms with Crippen molar-refractivity contribution in [2.75, 3.05) is 0 Å². The van der Waals surface area contributed by atoms with Crippen molar-refractivity contribution in [2.45, 2.75) is 89.0 Å². The van der Waals surface area contributed by atoms with Crippen molar-refractivity contribution in [3.8, 4) is 0 Å². The lowest BCUT2D eigenvalue weighted by Crippen LogP contribution is -1.92. The van der Waals surface area contributed by atoms with E-state index < -0.39 is 0 Å². The molecule has 0 aliphatic heterocycles. The normalized spacial score (nSPS) is 8.64. The monoisotopic (exact) mass is 450 g/mol. The molecule has 0 heteroatoms.